The van der Waals surface area contributed by atoms with Crippen molar-refractivity contribution in [3.05, 3.63) is 36.0 Å². The second kappa shape index (κ2) is 5.06. The summed E-state index contributed by atoms with van der Waals surface area (Å²) in [6.07, 6.45) is 7.33. The lowest BCUT2D eigenvalue weighted by Crippen LogP contribution is -2.05. The summed E-state index contributed by atoms with van der Waals surface area (Å²) in [6, 6.07) is 0. The van der Waals surface area contributed by atoms with Gasteiger partial charge in [-0.2, -0.15) is 0 Å². The standard InChI is InChI=1S/C13H22/c1-7-12(8-2)10-9-11(3)13(4,5)6/h7,9-10H,1,8H2,2-6H3/b11-9+,12-10+. The molecule has 0 amide bonds. The van der Waals surface area contributed by atoms with Crippen LogP contribution in [0.4, 0.5) is 0 Å². The van der Waals surface area contributed by atoms with Crippen LogP contribution in [0.3, 0.4) is 0 Å². The molecule has 0 atom stereocenters. The molecule has 0 saturated carbocycles. The quantitative estimate of drug-likeness (QED) is 0.558. The predicted octanol–water partition coefficient (Wildman–Crippen LogP) is 4.50. The summed E-state index contributed by atoms with van der Waals surface area (Å²) < 4.78 is 0. The van der Waals surface area contributed by atoms with Gasteiger partial charge in [-0.3, -0.25) is 0 Å². The van der Waals surface area contributed by atoms with Gasteiger partial charge in [0, 0.05) is 0 Å². The maximum Gasteiger partial charge on any atom is -0.0173 e. The molecule has 74 valence electrons. The summed E-state index contributed by atoms with van der Waals surface area (Å²) in [5.41, 5.74) is 2.97. The molecule has 0 aromatic heterocycles. The lowest BCUT2D eigenvalue weighted by atomic mass is 9.87. The van der Waals surface area contributed by atoms with Crippen LogP contribution >= 0.6 is 0 Å². The minimum Gasteiger partial charge on any atom is -0.0988 e. The van der Waals surface area contributed by atoms with Crippen molar-refractivity contribution in [2.24, 2.45) is 5.41 Å². The Morgan fingerprint density at radius 2 is 1.77 bits per heavy atom. The largest absolute Gasteiger partial charge is 0.0988 e. The topological polar surface area (TPSA) is 0 Å². The highest BCUT2D eigenvalue weighted by molar-refractivity contribution is 5.25. The molecule has 0 saturated heterocycles. The zero-order chi connectivity index (χ0) is 10.5. The van der Waals surface area contributed by atoms with Crippen LogP contribution in [-0.2, 0) is 0 Å². The first-order valence-electron chi connectivity index (χ1n) is 4.92. The monoisotopic (exact) mass is 178 g/mol. The SMILES string of the molecule is C=C/C(=C\C=C(/C)C(C)(C)C)CC. The molecular formula is C13H22. The highest BCUT2D eigenvalue weighted by atomic mass is 14.2. The fraction of sp³-hybridized carbons (Fsp3) is 0.538. The van der Waals surface area contributed by atoms with E-state index < -0.39 is 0 Å². The maximum absolute atomic E-state index is 3.77. The van der Waals surface area contributed by atoms with E-state index >= 15 is 0 Å². The molecule has 0 aromatic carbocycles. The smallest absolute Gasteiger partial charge is 0.0173 e. The fourth-order valence-electron chi connectivity index (χ4n) is 0.812. The van der Waals surface area contributed by atoms with Crippen LogP contribution in [0.25, 0.3) is 0 Å². The van der Waals surface area contributed by atoms with Crippen molar-refractivity contribution in [2.75, 3.05) is 0 Å². The highest BCUT2D eigenvalue weighted by Gasteiger charge is 2.10. The Morgan fingerprint density at radius 1 is 1.23 bits per heavy atom. The van der Waals surface area contributed by atoms with Gasteiger partial charge in [-0.05, 0) is 24.3 Å². The Bertz CT molecular complexity index is 221. The molecule has 0 radical (unpaired) electrons. The van der Waals surface area contributed by atoms with E-state index in [0.717, 1.165) is 6.42 Å². The molecular weight excluding hydrogens is 156 g/mol. The lowest BCUT2D eigenvalue weighted by Gasteiger charge is -2.18. The number of allylic oxidation sites excluding steroid dienone is 5. The summed E-state index contributed by atoms with van der Waals surface area (Å²) >= 11 is 0. The van der Waals surface area contributed by atoms with Gasteiger partial charge in [0.05, 0.1) is 0 Å². The lowest BCUT2D eigenvalue weighted by molar-refractivity contribution is 0.504. The van der Waals surface area contributed by atoms with Crippen LogP contribution in [0.15, 0.2) is 36.0 Å². The molecule has 0 bridgehead atoms. The molecule has 13 heavy (non-hydrogen) atoms. The van der Waals surface area contributed by atoms with Gasteiger partial charge in [-0.1, -0.05) is 58.1 Å². The van der Waals surface area contributed by atoms with E-state index in [2.05, 4.69) is 53.3 Å². The van der Waals surface area contributed by atoms with Gasteiger partial charge in [0.25, 0.3) is 0 Å². The van der Waals surface area contributed by atoms with E-state index in [1.165, 1.54) is 11.1 Å². The van der Waals surface area contributed by atoms with Crippen molar-refractivity contribution in [2.45, 2.75) is 41.0 Å². The molecule has 0 unspecified atom stereocenters. The molecule has 0 aliphatic heterocycles. The first-order valence-corrected chi connectivity index (χ1v) is 4.92. The van der Waals surface area contributed by atoms with Crippen LogP contribution in [0.5, 0.6) is 0 Å². The second-order valence-corrected chi connectivity index (χ2v) is 4.40. The third-order valence-electron chi connectivity index (χ3n) is 2.40. The van der Waals surface area contributed by atoms with Gasteiger partial charge in [0.2, 0.25) is 0 Å². The first kappa shape index (κ1) is 12.2. The minimum absolute atomic E-state index is 0.274. The van der Waals surface area contributed by atoms with Gasteiger partial charge in [-0.15, -0.1) is 0 Å². The molecule has 0 aliphatic rings. The van der Waals surface area contributed by atoms with Crippen molar-refractivity contribution < 1.29 is 0 Å². The molecule has 0 heteroatoms. The van der Waals surface area contributed by atoms with E-state index in [4.69, 9.17) is 0 Å². The van der Waals surface area contributed by atoms with Crippen LogP contribution < -0.4 is 0 Å². The van der Waals surface area contributed by atoms with Crippen LogP contribution in [0.1, 0.15) is 41.0 Å². The van der Waals surface area contributed by atoms with Crippen molar-refractivity contribution in [1.82, 2.24) is 0 Å². The minimum atomic E-state index is 0.274. The summed E-state index contributed by atoms with van der Waals surface area (Å²) in [5.74, 6) is 0. The van der Waals surface area contributed by atoms with Crippen LogP contribution in [0.2, 0.25) is 0 Å². The van der Waals surface area contributed by atoms with E-state index in [-0.39, 0.29) is 5.41 Å². The van der Waals surface area contributed by atoms with Crippen molar-refractivity contribution in [3.63, 3.8) is 0 Å². The molecule has 0 heterocycles. The fourth-order valence-corrected chi connectivity index (χ4v) is 0.812. The van der Waals surface area contributed by atoms with Crippen molar-refractivity contribution in [1.29, 1.82) is 0 Å². The molecule has 0 spiro atoms. The zero-order valence-corrected chi connectivity index (χ0v) is 9.65. The van der Waals surface area contributed by atoms with E-state index in [0.29, 0.717) is 0 Å². The number of rotatable bonds is 3. The van der Waals surface area contributed by atoms with E-state index in [1.54, 1.807) is 0 Å². The van der Waals surface area contributed by atoms with E-state index in [9.17, 15) is 0 Å². The molecule has 0 rings (SSSR count). The summed E-state index contributed by atoms with van der Waals surface area (Å²) in [5, 5.41) is 0. The van der Waals surface area contributed by atoms with Crippen molar-refractivity contribution in [3.8, 4) is 0 Å². The Labute approximate surface area is 83.0 Å². The average molecular weight is 178 g/mol. The summed E-state index contributed by atoms with van der Waals surface area (Å²) in [4.78, 5) is 0. The Morgan fingerprint density at radius 3 is 2.08 bits per heavy atom. The Balaban J connectivity index is 4.58. The van der Waals surface area contributed by atoms with Crippen molar-refractivity contribution >= 4 is 0 Å². The second-order valence-electron chi connectivity index (χ2n) is 4.40. The molecule has 0 aromatic rings. The van der Waals surface area contributed by atoms with Gasteiger partial charge in [0.1, 0.15) is 0 Å². The van der Waals surface area contributed by atoms with Gasteiger partial charge < -0.3 is 0 Å². The van der Waals surface area contributed by atoms with E-state index in [1.807, 2.05) is 6.08 Å². The average Bonchev–Trinajstić information content (AvgIpc) is 2.04. The Kier molecular flexibility index (Phi) is 4.76. The third kappa shape index (κ3) is 4.72. The molecule has 0 nitrogen and oxygen atoms in total. The van der Waals surface area contributed by atoms with Gasteiger partial charge >= 0.3 is 0 Å². The van der Waals surface area contributed by atoms with Gasteiger partial charge in [0.15, 0.2) is 0 Å². The maximum atomic E-state index is 3.77. The first-order chi connectivity index (χ1) is 5.91. The zero-order valence-electron chi connectivity index (χ0n) is 9.65. The van der Waals surface area contributed by atoms with Gasteiger partial charge in [-0.25, -0.2) is 0 Å². The summed E-state index contributed by atoms with van der Waals surface area (Å²) in [6.45, 7) is 14.8. The Hall–Kier alpha value is -0.780. The molecule has 0 fully saturated rings. The number of hydrogen-bond donors (Lipinski definition) is 0. The highest BCUT2D eigenvalue weighted by Crippen LogP contribution is 2.24. The summed E-state index contributed by atoms with van der Waals surface area (Å²) in [7, 11) is 0. The number of hydrogen-bond acceptors (Lipinski definition) is 0. The van der Waals surface area contributed by atoms with Crippen LogP contribution in [0, 0.1) is 5.41 Å². The molecule has 0 aliphatic carbocycles. The third-order valence-corrected chi connectivity index (χ3v) is 2.40. The van der Waals surface area contributed by atoms with Crippen LogP contribution in [-0.4, -0.2) is 0 Å². The predicted molar refractivity (Wildman–Crippen MR) is 61.8 cm³/mol. The normalized spacial score (nSPS) is 14.5. The molecule has 0 N–H and O–H groups in total.